The summed E-state index contributed by atoms with van der Waals surface area (Å²) in [6.45, 7) is 4.23. The number of anilines is 1. The van der Waals surface area contributed by atoms with Crippen LogP contribution >= 0.6 is 0 Å². The molecular formula is C13H21N3O. The Morgan fingerprint density at radius 3 is 2.47 bits per heavy atom. The molecule has 1 aromatic rings. The number of hydrogen-bond acceptors (Lipinski definition) is 4. The normalized spacial score (nSPS) is 16.8. The van der Waals surface area contributed by atoms with E-state index in [1.54, 1.807) is 0 Å². The van der Waals surface area contributed by atoms with Crippen molar-refractivity contribution in [3.63, 3.8) is 0 Å². The molecule has 1 aromatic carbocycles. The average molecular weight is 235 g/mol. The van der Waals surface area contributed by atoms with E-state index in [9.17, 15) is 0 Å². The molecule has 4 nitrogen and oxygen atoms in total. The summed E-state index contributed by atoms with van der Waals surface area (Å²) in [6, 6.07) is 7.70. The van der Waals surface area contributed by atoms with Gasteiger partial charge in [-0.3, -0.25) is 10.7 Å². The van der Waals surface area contributed by atoms with Crippen molar-refractivity contribution in [2.24, 2.45) is 5.84 Å². The Labute approximate surface area is 103 Å². The second-order valence-electron chi connectivity index (χ2n) is 4.42. The van der Waals surface area contributed by atoms with Gasteiger partial charge in [-0.2, -0.15) is 0 Å². The lowest BCUT2D eigenvalue weighted by molar-refractivity contribution is 0.183. The number of nitrogens with one attached hydrogen (secondary N) is 1. The van der Waals surface area contributed by atoms with Crippen molar-refractivity contribution in [3.8, 4) is 5.75 Å². The van der Waals surface area contributed by atoms with Gasteiger partial charge in [0.1, 0.15) is 12.4 Å². The minimum Gasteiger partial charge on any atom is -0.492 e. The van der Waals surface area contributed by atoms with Gasteiger partial charge in [-0.25, -0.2) is 0 Å². The van der Waals surface area contributed by atoms with Crippen molar-refractivity contribution < 1.29 is 4.74 Å². The second kappa shape index (κ2) is 6.47. The molecular weight excluding hydrogens is 214 g/mol. The third-order valence-electron chi connectivity index (χ3n) is 3.15. The van der Waals surface area contributed by atoms with Gasteiger partial charge in [0.2, 0.25) is 0 Å². The lowest BCUT2D eigenvalue weighted by atomic mass is 10.1. The zero-order valence-corrected chi connectivity index (χ0v) is 10.2. The maximum atomic E-state index is 5.70. The first-order valence-electron chi connectivity index (χ1n) is 6.30. The Morgan fingerprint density at radius 2 is 1.82 bits per heavy atom. The van der Waals surface area contributed by atoms with Crippen LogP contribution in [0.3, 0.4) is 0 Å². The summed E-state index contributed by atoms with van der Waals surface area (Å²) in [5, 5.41) is 0. The molecule has 0 unspecified atom stereocenters. The molecule has 0 amide bonds. The van der Waals surface area contributed by atoms with Crippen LogP contribution in [0, 0.1) is 0 Å². The summed E-state index contributed by atoms with van der Waals surface area (Å²) in [5.41, 5.74) is 3.49. The third kappa shape index (κ3) is 3.91. The van der Waals surface area contributed by atoms with Crippen molar-refractivity contribution >= 4 is 5.69 Å². The van der Waals surface area contributed by atoms with Crippen LogP contribution in [-0.2, 0) is 0 Å². The number of hydrogen-bond donors (Lipinski definition) is 2. The van der Waals surface area contributed by atoms with Gasteiger partial charge in [0, 0.05) is 12.2 Å². The molecule has 0 radical (unpaired) electrons. The Morgan fingerprint density at radius 1 is 1.12 bits per heavy atom. The van der Waals surface area contributed by atoms with Crippen LogP contribution in [-0.4, -0.2) is 31.1 Å². The molecule has 4 heteroatoms. The van der Waals surface area contributed by atoms with Crippen LogP contribution in [0.5, 0.6) is 5.75 Å². The van der Waals surface area contributed by atoms with Gasteiger partial charge in [0.25, 0.3) is 0 Å². The fraction of sp³-hybridized carbons (Fsp3) is 0.538. The molecule has 1 aliphatic heterocycles. The van der Waals surface area contributed by atoms with Crippen LogP contribution in [0.2, 0.25) is 0 Å². The number of nitrogen functional groups attached to an aromatic ring is 1. The molecule has 0 aromatic heterocycles. The summed E-state index contributed by atoms with van der Waals surface area (Å²) >= 11 is 0. The molecule has 1 saturated heterocycles. The molecule has 17 heavy (non-hydrogen) atoms. The monoisotopic (exact) mass is 235 g/mol. The van der Waals surface area contributed by atoms with Crippen molar-refractivity contribution in [3.05, 3.63) is 24.3 Å². The number of benzene rings is 1. The predicted molar refractivity (Wildman–Crippen MR) is 70.0 cm³/mol. The average Bonchev–Trinajstić information content (AvgIpc) is 2.41. The van der Waals surface area contributed by atoms with Gasteiger partial charge in [-0.1, -0.05) is 6.42 Å². The second-order valence-corrected chi connectivity index (χ2v) is 4.42. The Hall–Kier alpha value is -1.26. The largest absolute Gasteiger partial charge is 0.492 e. The van der Waals surface area contributed by atoms with E-state index in [2.05, 4.69) is 10.3 Å². The van der Waals surface area contributed by atoms with Crippen molar-refractivity contribution in [2.75, 3.05) is 31.7 Å². The SMILES string of the molecule is NNc1ccc(OCCN2CCCCC2)cc1. The van der Waals surface area contributed by atoms with E-state index in [0.29, 0.717) is 0 Å². The summed E-state index contributed by atoms with van der Waals surface area (Å²) < 4.78 is 5.70. The van der Waals surface area contributed by atoms with E-state index in [-0.39, 0.29) is 0 Å². The fourth-order valence-electron chi connectivity index (χ4n) is 2.12. The van der Waals surface area contributed by atoms with E-state index in [1.165, 1.54) is 32.4 Å². The van der Waals surface area contributed by atoms with E-state index in [0.717, 1.165) is 24.6 Å². The number of nitrogens with zero attached hydrogens (tertiary/aromatic N) is 1. The highest BCUT2D eigenvalue weighted by Crippen LogP contribution is 2.15. The number of nitrogens with two attached hydrogens (primary N) is 1. The molecule has 1 aliphatic rings. The summed E-state index contributed by atoms with van der Waals surface area (Å²) in [5.74, 6) is 6.20. The fourth-order valence-corrected chi connectivity index (χ4v) is 2.12. The number of piperidine rings is 1. The van der Waals surface area contributed by atoms with Gasteiger partial charge in [0.15, 0.2) is 0 Å². The predicted octanol–water partition coefficient (Wildman–Crippen LogP) is 1.84. The summed E-state index contributed by atoms with van der Waals surface area (Å²) in [7, 11) is 0. The Balaban J connectivity index is 1.69. The van der Waals surface area contributed by atoms with Gasteiger partial charge in [0.05, 0.1) is 0 Å². The molecule has 0 atom stereocenters. The number of ether oxygens (including phenoxy) is 1. The van der Waals surface area contributed by atoms with Crippen LogP contribution in [0.25, 0.3) is 0 Å². The minimum atomic E-state index is 0.759. The minimum absolute atomic E-state index is 0.759. The molecule has 94 valence electrons. The first-order valence-corrected chi connectivity index (χ1v) is 6.30. The highest BCUT2D eigenvalue weighted by Gasteiger charge is 2.09. The molecule has 0 aliphatic carbocycles. The summed E-state index contributed by atoms with van der Waals surface area (Å²) in [4.78, 5) is 2.47. The van der Waals surface area contributed by atoms with E-state index >= 15 is 0 Å². The number of likely N-dealkylation sites (tertiary alicyclic amines) is 1. The molecule has 2 rings (SSSR count). The smallest absolute Gasteiger partial charge is 0.119 e. The number of rotatable bonds is 5. The highest BCUT2D eigenvalue weighted by atomic mass is 16.5. The molecule has 1 fully saturated rings. The van der Waals surface area contributed by atoms with Crippen molar-refractivity contribution in [1.29, 1.82) is 0 Å². The third-order valence-corrected chi connectivity index (χ3v) is 3.15. The maximum absolute atomic E-state index is 5.70. The standard InChI is InChI=1S/C13H21N3O/c14-15-12-4-6-13(7-5-12)17-11-10-16-8-2-1-3-9-16/h4-7,15H,1-3,8-11,14H2. The van der Waals surface area contributed by atoms with Gasteiger partial charge < -0.3 is 10.2 Å². The van der Waals surface area contributed by atoms with Crippen molar-refractivity contribution in [1.82, 2.24) is 4.90 Å². The lowest BCUT2D eigenvalue weighted by Gasteiger charge is -2.26. The van der Waals surface area contributed by atoms with E-state index in [4.69, 9.17) is 10.6 Å². The Kier molecular flexibility index (Phi) is 4.64. The zero-order valence-electron chi connectivity index (χ0n) is 10.2. The molecule has 0 bridgehead atoms. The van der Waals surface area contributed by atoms with Crippen molar-refractivity contribution in [2.45, 2.75) is 19.3 Å². The van der Waals surface area contributed by atoms with Crippen LogP contribution in [0.15, 0.2) is 24.3 Å². The lowest BCUT2D eigenvalue weighted by Crippen LogP contribution is -2.33. The van der Waals surface area contributed by atoms with Gasteiger partial charge >= 0.3 is 0 Å². The molecule has 1 heterocycles. The Bertz CT molecular complexity index is 320. The first kappa shape index (κ1) is 12.2. The molecule has 0 spiro atoms. The topological polar surface area (TPSA) is 50.5 Å². The molecule has 0 saturated carbocycles. The number of hydrazine groups is 1. The summed E-state index contributed by atoms with van der Waals surface area (Å²) in [6.07, 6.45) is 4.04. The van der Waals surface area contributed by atoms with Gasteiger partial charge in [-0.15, -0.1) is 0 Å². The van der Waals surface area contributed by atoms with E-state index in [1.807, 2.05) is 24.3 Å². The molecule has 3 N–H and O–H groups in total. The van der Waals surface area contributed by atoms with Crippen LogP contribution in [0.4, 0.5) is 5.69 Å². The van der Waals surface area contributed by atoms with E-state index < -0.39 is 0 Å². The zero-order chi connectivity index (χ0) is 11.9. The quantitative estimate of drug-likeness (QED) is 0.604. The maximum Gasteiger partial charge on any atom is 0.119 e. The van der Waals surface area contributed by atoms with Crippen LogP contribution < -0.4 is 16.0 Å². The first-order chi connectivity index (χ1) is 8.38. The van der Waals surface area contributed by atoms with Gasteiger partial charge in [-0.05, 0) is 50.2 Å². The highest BCUT2D eigenvalue weighted by molar-refractivity contribution is 5.45. The van der Waals surface area contributed by atoms with Crippen LogP contribution in [0.1, 0.15) is 19.3 Å².